The van der Waals surface area contributed by atoms with Gasteiger partial charge in [0.1, 0.15) is 5.82 Å². The number of carbonyl (C=O) groups is 1. The van der Waals surface area contributed by atoms with Gasteiger partial charge in [-0.3, -0.25) is 0 Å². The van der Waals surface area contributed by atoms with Gasteiger partial charge in [0, 0.05) is 30.0 Å². The van der Waals surface area contributed by atoms with Crippen molar-refractivity contribution in [2.45, 2.75) is 29.3 Å². The first-order chi connectivity index (χ1) is 11.8. The van der Waals surface area contributed by atoms with Gasteiger partial charge in [-0.1, -0.05) is 0 Å². The number of nitrogens with one attached hydrogen (secondary N) is 2. The average Bonchev–Trinajstić information content (AvgIpc) is 3.27. The number of benzene rings is 1. The predicted octanol–water partition coefficient (Wildman–Crippen LogP) is 4.30. The summed E-state index contributed by atoms with van der Waals surface area (Å²) in [5.41, 5.74) is -3.90. The molecule has 3 rings (SSSR count). The molecule has 2 amide bonds. The maximum atomic E-state index is 12.3. The van der Waals surface area contributed by atoms with Crippen LogP contribution in [0.15, 0.2) is 41.6 Å². The summed E-state index contributed by atoms with van der Waals surface area (Å²) in [5, 5.41) is 5.55. The maximum Gasteiger partial charge on any atom is 0.446 e. The number of halogens is 3. The van der Waals surface area contributed by atoms with Crippen molar-refractivity contribution in [2.24, 2.45) is 13.0 Å². The molecule has 134 valence electrons. The fourth-order valence-electron chi connectivity index (χ4n) is 2.55. The van der Waals surface area contributed by atoms with E-state index in [1.807, 2.05) is 17.8 Å². The smallest absolute Gasteiger partial charge is 0.336 e. The first kappa shape index (κ1) is 17.7. The molecular weight excluding hydrogens is 353 g/mol. The minimum atomic E-state index is -4.33. The second-order valence-corrected chi connectivity index (χ2v) is 7.02. The molecule has 1 heterocycles. The molecule has 0 saturated heterocycles. The van der Waals surface area contributed by atoms with Crippen molar-refractivity contribution >= 4 is 23.5 Å². The third-order valence-corrected chi connectivity index (χ3v) is 4.60. The molecule has 1 saturated carbocycles. The Hall–Kier alpha value is -2.16. The molecule has 1 aromatic heterocycles. The van der Waals surface area contributed by atoms with E-state index in [2.05, 4.69) is 15.6 Å². The SMILES string of the molecule is Cn1ccnc1[C@H](NC(=O)Nc1ccc(SC(F)(F)F)cc1)C1CC1. The highest BCUT2D eigenvalue weighted by Gasteiger charge is 2.35. The molecule has 0 unspecified atom stereocenters. The predicted molar refractivity (Wildman–Crippen MR) is 89.2 cm³/mol. The van der Waals surface area contributed by atoms with E-state index in [0.717, 1.165) is 18.7 Å². The summed E-state index contributed by atoms with van der Waals surface area (Å²) >= 11 is -0.188. The second kappa shape index (κ2) is 6.99. The van der Waals surface area contributed by atoms with Crippen molar-refractivity contribution in [3.8, 4) is 0 Å². The number of aromatic nitrogens is 2. The number of urea groups is 1. The summed E-state index contributed by atoms with van der Waals surface area (Å²) in [7, 11) is 1.87. The van der Waals surface area contributed by atoms with Crippen LogP contribution in [0.4, 0.5) is 23.7 Å². The van der Waals surface area contributed by atoms with Crippen LogP contribution < -0.4 is 10.6 Å². The number of aryl methyl sites for hydroxylation is 1. The number of nitrogens with zero attached hydrogens (tertiary/aromatic N) is 2. The zero-order valence-electron chi connectivity index (χ0n) is 13.4. The summed E-state index contributed by atoms with van der Waals surface area (Å²) in [6, 6.07) is 4.95. The molecule has 1 atom stereocenters. The van der Waals surface area contributed by atoms with E-state index >= 15 is 0 Å². The lowest BCUT2D eigenvalue weighted by Crippen LogP contribution is -2.35. The van der Waals surface area contributed by atoms with Crippen LogP contribution in [0.1, 0.15) is 24.7 Å². The van der Waals surface area contributed by atoms with Crippen LogP contribution >= 0.6 is 11.8 Å². The van der Waals surface area contributed by atoms with E-state index in [1.165, 1.54) is 24.3 Å². The number of imidazole rings is 1. The van der Waals surface area contributed by atoms with Crippen LogP contribution in [0.5, 0.6) is 0 Å². The topological polar surface area (TPSA) is 59.0 Å². The first-order valence-electron chi connectivity index (χ1n) is 7.72. The van der Waals surface area contributed by atoms with Crippen molar-refractivity contribution in [3.63, 3.8) is 0 Å². The average molecular weight is 370 g/mol. The van der Waals surface area contributed by atoms with E-state index in [1.54, 1.807) is 6.20 Å². The molecule has 1 fully saturated rings. The number of anilines is 1. The lowest BCUT2D eigenvalue weighted by atomic mass is 10.1. The third-order valence-electron chi connectivity index (χ3n) is 3.86. The van der Waals surface area contributed by atoms with Gasteiger partial charge in [0.2, 0.25) is 0 Å². The van der Waals surface area contributed by atoms with Gasteiger partial charge < -0.3 is 15.2 Å². The fourth-order valence-corrected chi connectivity index (χ4v) is 3.09. The highest BCUT2D eigenvalue weighted by Crippen LogP contribution is 2.40. The number of thioether (sulfide) groups is 1. The molecule has 2 N–H and O–H groups in total. The van der Waals surface area contributed by atoms with E-state index < -0.39 is 11.5 Å². The normalized spacial score (nSPS) is 15.7. The van der Waals surface area contributed by atoms with Crippen molar-refractivity contribution in [1.82, 2.24) is 14.9 Å². The van der Waals surface area contributed by atoms with Crippen LogP contribution in [0.2, 0.25) is 0 Å². The van der Waals surface area contributed by atoms with E-state index in [4.69, 9.17) is 0 Å². The Bertz CT molecular complexity index is 741. The minimum Gasteiger partial charge on any atom is -0.336 e. The van der Waals surface area contributed by atoms with Gasteiger partial charge in [0.05, 0.1) is 6.04 Å². The van der Waals surface area contributed by atoms with Crippen molar-refractivity contribution in [3.05, 3.63) is 42.5 Å². The highest BCUT2D eigenvalue weighted by molar-refractivity contribution is 8.00. The number of rotatable bonds is 5. The van der Waals surface area contributed by atoms with Crippen molar-refractivity contribution in [1.29, 1.82) is 0 Å². The molecule has 0 aliphatic heterocycles. The molecule has 1 aromatic carbocycles. The largest absolute Gasteiger partial charge is 0.446 e. The van der Waals surface area contributed by atoms with Gasteiger partial charge in [0.25, 0.3) is 0 Å². The third kappa shape index (κ3) is 4.91. The Balaban J connectivity index is 1.61. The monoisotopic (exact) mass is 370 g/mol. The van der Waals surface area contributed by atoms with E-state index in [9.17, 15) is 18.0 Å². The molecule has 2 aromatic rings. The second-order valence-electron chi connectivity index (χ2n) is 5.88. The van der Waals surface area contributed by atoms with Gasteiger partial charge in [-0.05, 0) is 54.8 Å². The van der Waals surface area contributed by atoms with Gasteiger partial charge in [-0.25, -0.2) is 9.78 Å². The zero-order valence-corrected chi connectivity index (χ0v) is 14.2. The Labute approximate surface area is 147 Å². The van der Waals surface area contributed by atoms with Crippen LogP contribution in [-0.2, 0) is 7.05 Å². The van der Waals surface area contributed by atoms with Crippen LogP contribution in [0.25, 0.3) is 0 Å². The molecule has 9 heteroatoms. The Morgan fingerprint density at radius 3 is 2.52 bits per heavy atom. The molecule has 0 bridgehead atoms. The van der Waals surface area contributed by atoms with Gasteiger partial charge in [-0.2, -0.15) is 13.2 Å². The quantitative estimate of drug-likeness (QED) is 0.772. The molecule has 5 nitrogen and oxygen atoms in total. The highest BCUT2D eigenvalue weighted by atomic mass is 32.2. The zero-order chi connectivity index (χ0) is 18.0. The Morgan fingerprint density at radius 1 is 1.32 bits per heavy atom. The minimum absolute atomic E-state index is 0.0716. The summed E-state index contributed by atoms with van der Waals surface area (Å²) < 4.78 is 38.8. The molecule has 0 spiro atoms. The van der Waals surface area contributed by atoms with Crippen molar-refractivity contribution in [2.75, 3.05) is 5.32 Å². The fraction of sp³-hybridized carbons (Fsp3) is 0.375. The molecule has 25 heavy (non-hydrogen) atoms. The summed E-state index contributed by atoms with van der Waals surface area (Å²) in [6.45, 7) is 0. The number of hydrogen-bond acceptors (Lipinski definition) is 3. The standard InChI is InChI=1S/C16H17F3N4OS/c1-23-9-8-20-14(23)13(10-2-3-10)22-15(24)21-11-4-6-12(7-5-11)25-16(17,18)19/h4-10,13H,2-3H2,1H3,(H2,21,22,24)/t13-/m1/s1. The number of hydrogen-bond donors (Lipinski definition) is 2. The van der Waals surface area contributed by atoms with Crippen LogP contribution in [-0.4, -0.2) is 21.1 Å². The van der Waals surface area contributed by atoms with Crippen molar-refractivity contribution < 1.29 is 18.0 Å². The van der Waals surface area contributed by atoms with Crippen LogP contribution in [0, 0.1) is 5.92 Å². The van der Waals surface area contributed by atoms with E-state index in [0.29, 0.717) is 11.6 Å². The molecular formula is C16H17F3N4OS. The summed E-state index contributed by atoms with van der Waals surface area (Å²) in [4.78, 5) is 16.6. The number of alkyl halides is 3. The van der Waals surface area contributed by atoms with Crippen LogP contribution in [0.3, 0.4) is 0 Å². The molecule has 1 aliphatic rings. The maximum absolute atomic E-state index is 12.3. The summed E-state index contributed by atoms with van der Waals surface area (Å²) in [5.74, 6) is 1.15. The first-order valence-corrected chi connectivity index (χ1v) is 8.54. The van der Waals surface area contributed by atoms with Gasteiger partial charge in [-0.15, -0.1) is 0 Å². The lowest BCUT2D eigenvalue weighted by Gasteiger charge is -2.18. The van der Waals surface area contributed by atoms with Gasteiger partial charge >= 0.3 is 11.5 Å². The number of amides is 2. The Kier molecular flexibility index (Phi) is 4.94. The van der Waals surface area contributed by atoms with E-state index in [-0.39, 0.29) is 22.7 Å². The summed E-state index contributed by atoms with van der Waals surface area (Å²) in [6.07, 6.45) is 5.56. The number of carbonyl (C=O) groups excluding carboxylic acids is 1. The lowest BCUT2D eigenvalue weighted by molar-refractivity contribution is -0.0328. The molecule has 0 radical (unpaired) electrons. The van der Waals surface area contributed by atoms with Gasteiger partial charge in [0.15, 0.2) is 0 Å². The molecule has 1 aliphatic carbocycles. The Morgan fingerprint density at radius 2 is 2.00 bits per heavy atom.